The van der Waals surface area contributed by atoms with Crippen molar-refractivity contribution in [2.45, 2.75) is 22.5 Å². The minimum absolute atomic E-state index is 0.318. The zero-order chi connectivity index (χ0) is 17.8. The summed E-state index contributed by atoms with van der Waals surface area (Å²) < 4.78 is 13.8. The molecule has 2 aromatic rings. The van der Waals surface area contributed by atoms with Gasteiger partial charge in [-0.25, -0.2) is 4.39 Å². The standard InChI is InChI=1S/C19H20BrFINO/c1-3-12-19(24,15-6-10-17(21)11-7-15)13-23-18(2,22)14-4-8-16(20)9-5-14/h3-11,23-24H,1,12-13H2,2H3/t18-,19?/m1/s1. The number of hydrogen-bond acceptors (Lipinski definition) is 2. The Labute approximate surface area is 164 Å². The topological polar surface area (TPSA) is 32.3 Å². The molecule has 0 radical (unpaired) electrons. The quantitative estimate of drug-likeness (QED) is 0.234. The van der Waals surface area contributed by atoms with Gasteiger partial charge in [0, 0.05) is 11.0 Å². The van der Waals surface area contributed by atoms with Crippen molar-refractivity contribution >= 4 is 38.5 Å². The third-order valence-corrected chi connectivity index (χ3v) is 5.50. The monoisotopic (exact) mass is 503 g/mol. The first-order valence-electron chi connectivity index (χ1n) is 7.56. The second-order valence-corrected chi connectivity index (χ2v) is 8.97. The maximum atomic E-state index is 13.2. The van der Waals surface area contributed by atoms with E-state index in [-0.39, 0.29) is 9.36 Å². The first-order valence-corrected chi connectivity index (χ1v) is 9.43. The van der Waals surface area contributed by atoms with Gasteiger partial charge < -0.3 is 5.11 Å². The minimum atomic E-state index is -1.14. The van der Waals surface area contributed by atoms with E-state index in [1.807, 2.05) is 24.3 Å². The number of halogens is 3. The van der Waals surface area contributed by atoms with Crippen molar-refractivity contribution in [3.05, 3.63) is 82.6 Å². The molecule has 5 heteroatoms. The van der Waals surface area contributed by atoms with Crippen LogP contribution in [0.4, 0.5) is 4.39 Å². The normalized spacial score (nSPS) is 16.2. The Kier molecular flexibility index (Phi) is 6.59. The Hall–Kier alpha value is -0.760. The first-order chi connectivity index (χ1) is 11.3. The van der Waals surface area contributed by atoms with Gasteiger partial charge in [0.05, 0.1) is 3.55 Å². The summed E-state index contributed by atoms with van der Waals surface area (Å²) in [5.74, 6) is -0.318. The lowest BCUT2D eigenvalue weighted by Gasteiger charge is -2.33. The van der Waals surface area contributed by atoms with Crippen molar-refractivity contribution in [2.75, 3.05) is 6.54 Å². The molecule has 0 aliphatic rings. The van der Waals surface area contributed by atoms with Gasteiger partial charge >= 0.3 is 0 Å². The van der Waals surface area contributed by atoms with Gasteiger partial charge in [-0.15, -0.1) is 6.58 Å². The molecule has 0 heterocycles. The zero-order valence-corrected chi connectivity index (χ0v) is 17.1. The van der Waals surface area contributed by atoms with Gasteiger partial charge in [0.15, 0.2) is 0 Å². The van der Waals surface area contributed by atoms with E-state index in [2.05, 4.69) is 57.3 Å². The maximum Gasteiger partial charge on any atom is 0.123 e. The smallest absolute Gasteiger partial charge is 0.123 e. The molecule has 0 saturated carbocycles. The molecule has 0 saturated heterocycles. The van der Waals surface area contributed by atoms with Crippen LogP contribution in [0.2, 0.25) is 0 Å². The van der Waals surface area contributed by atoms with Crippen LogP contribution in [0.1, 0.15) is 24.5 Å². The van der Waals surface area contributed by atoms with Crippen molar-refractivity contribution in [1.82, 2.24) is 5.32 Å². The highest BCUT2D eigenvalue weighted by molar-refractivity contribution is 14.1. The first kappa shape index (κ1) is 19.6. The molecule has 128 valence electrons. The van der Waals surface area contributed by atoms with E-state index in [0.29, 0.717) is 18.5 Å². The SMILES string of the molecule is C=CCC(O)(CN[C@@](C)(I)c1ccc(Br)cc1)c1ccc(F)cc1. The molecular formula is C19H20BrFINO. The molecule has 0 bridgehead atoms. The van der Waals surface area contributed by atoms with Crippen molar-refractivity contribution in [1.29, 1.82) is 0 Å². The molecule has 0 amide bonds. The van der Waals surface area contributed by atoms with Gasteiger partial charge in [-0.05, 0) is 48.7 Å². The van der Waals surface area contributed by atoms with E-state index in [4.69, 9.17) is 0 Å². The molecule has 2 rings (SSSR count). The second-order valence-electron chi connectivity index (χ2n) is 5.89. The Balaban J connectivity index is 2.19. The highest BCUT2D eigenvalue weighted by Gasteiger charge is 2.32. The lowest BCUT2D eigenvalue weighted by atomic mass is 9.90. The minimum Gasteiger partial charge on any atom is -0.384 e. The summed E-state index contributed by atoms with van der Waals surface area (Å²) in [6, 6.07) is 14.0. The van der Waals surface area contributed by atoms with E-state index in [9.17, 15) is 9.50 Å². The van der Waals surface area contributed by atoms with E-state index >= 15 is 0 Å². The molecule has 0 spiro atoms. The Morgan fingerprint density at radius 2 is 1.71 bits per heavy atom. The number of nitrogens with one attached hydrogen (secondary N) is 1. The van der Waals surface area contributed by atoms with Crippen molar-refractivity contribution in [3.63, 3.8) is 0 Å². The molecule has 2 N–H and O–H groups in total. The average Bonchev–Trinajstić information content (AvgIpc) is 2.54. The summed E-state index contributed by atoms with van der Waals surface area (Å²) in [5, 5.41) is 14.5. The summed E-state index contributed by atoms with van der Waals surface area (Å²) in [5.41, 5.74) is 0.628. The number of rotatable bonds is 7. The number of alkyl halides is 1. The molecule has 0 aliphatic heterocycles. The summed E-state index contributed by atoms with van der Waals surface area (Å²) >= 11 is 5.76. The fraction of sp³-hybridized carbons (Fsp3) is 0.263. The van der Waals surface area contributed by atoms with Crippen LogP contribution in [0.15, 0.2) is 65.7 Å². The predicted octanol–water partition coefficient (Wildman–Crippen LogP) is 5.25. The van der Waals surface area contributed by atoms with Crippen LogP contribution in [0, 0.1) is 5.82 Å². The van der Waals surface area contributed by atoms with Gasteiger partial charge in [-0.2, -0.15) is 0 Å². The van der Waals surface area contributed by atoms with Crippen LogP contribution in [0.3, 0.4) is 0 Å². The van der Waals surface area contributed by atoms with E-state index in [1.54, 1.807) is 18.2 Å². The maximum absolute atomic E-state index is 13.2. The largest absolute Gasteiger partial charge is 0.384 e. The molecule has 1 unspecified atom stereocenters. The molecule has 2 nitrogen and oxygen atoms in total. The average molecular weight is 504 g/mol. The fourth-order valence-electron chi connectivity index (χ4n) is 2.47. The van der Waals surface area contributed by atoms with Crippen LogP contribution in [0.25, 0.3) is 0 Å². The van der Waals surface area contributed by atoms with Crippen LogP contribution in [-0.4, -0.2) is 11.7 Å². The van der Waals surface area contributed by atoms with E-state index in [1.165, 1.54) is 12.1 Å². The highest BCUT2D eigenvalue weighted by Crippen LogP contribution is 2.32. The second kappa shape index (κ2) is 8.08. The summed E-state index contributed by atoms with van der Waals surface area (Å²) in [6.45, 7) is 6.10. The third-order valence-electron chi connectivity index (χ3n) is 3.96. The molecule has 0 fully saturated rings. The van der Waals surface area contributed by atoms with Crippen LogP contribution >= 0.6 is 38.5 Å². The van der Waals surface area contributed by atoms with E-state index in [0.717, 1.165) is 10.0 Å². The highest BCUT2D eigenvalue weighted by atomic mass is 127. The molecule has 2 aromatic carbocycles. The molecule has 24 heavy (non-hydrogen) atoms. The van der Waals surface area contributed by atoms with Crippen molar-refractivity contribution < 1.29 is 9.50 Å². The van der Waals surface area contributed by atoms with Crippen molar-refractivity contribution in [2.24, 2.45) is 0 Å². The molecule has 2 atom stereocenters. The van der Waals surface area contributed by atoms with Gasteiger partial charge in [-0.1, -0.05) is 68.9 Å². The lowest BCUT2D eigenvalue weighted by molar-refractivity contribution is 0.0366. The van der Waals surface area contributed by atoms with Gasteiger partial charge in [0.2, 0.25) is 0 Å². The van der Waals surface area contributed by atoms with Gasteiger partial charge in [0.1, 0.15) is 11.4 Å². The Morgan fingerprint density at radius 1 is 1.17 bits per heavy atom. The van der Waals surface area contributed by atoms with Crippen molar-refractivity contribution in [3.8, 4) is 0 Å². The lowest BCUT2D eigenvalue weighted by Crippen LogP contribution is -2.44. The molecular weight excluding hydrogens is 484 g/mol. The fourth-order valence-corrected chi connectivity index (χ4v) is 3.28. The summed E-state index contributed by atoms with van der Waals surface area (Å²) in [4.78, 5) is 0. The number of hydrogen-bond donors (Lipinski definition) is 2. The third kappa shape index (κ3) is 4.88. The van der Waals surface area contributed by atoms with E-state index < -0.39 is 5.60 Å². The summed E-state index contributed by atoms with van der Waals surface area (Å²) in [7, 11) is 0. The Morgan fingerprint density at radius 3 is 2.25 bits per heavy atom. The predicted molar refractivity (Wildman–Crippen MR) is 109 cm³/mol. The Bertz CT molecular complexity index is 688. The van der Waals surface area contributed by atoms with Crippen LogP contribution < -0.4 is 5.32 Å². The number of benzene rings is 2. The molecule has 0 aromatic heterocycles. The van der Waals surface area contributed by atoms with Crippen LogP contribution in [-0.2, 0) is 9.15 Å². The van der Waals surface area contributed by atoms with Gasteiger partial charge in [-0.3, -0.25) is 5.32 Å². The number of aliphatic hydroxyl groups is 1. The zero-order valence-electron chi connectivity index (χ0n) is 13.4. The summed E-state index contributed by atoms with van der Waals surface area (Å²) in [6.07, 6.45) is 2.05. The molecule has 0 aliphatic carbocycles. The van der Waals surface area contributed by atoms with Crippen LogP contribution in [0.5, 0.6) is 0 Å². The van der Waals surface area contributed by atoms with Gasteiger partial charge in [0.25, 0.3) is 0 Å².